The third-order valence-corrected chi connectivity index (χ3v) is 2.27. The van der Waals surface area contributed by atoms with Crippen molar-refractivity contribution in [2.24, 2.45) is 4.99 Å². The number of benzene rings is 1. The van der Waals surface area contributed by atoms with E-state index in [1.807, 2.05) is 0 Å². The monoisotopic (exact) mass is 239 g/mol. The molecule has 1 atom stereocenters. The van der Waals surface area contributed by atoms with Crippen LogP contribution in [0.3, 0.4) is 0 Å². The van der Waals surface area contributed by atoms with E-state index in [1.54, 1.807) is 13.0 Å². The van der Waals surface area contributed by atoms with Gasteiger partial charge in [0.1, 0.15) is 17.2 Å². The molecule has 0 aliphatic rings. The van der Waals surface area contributed by atoms with E-state index in [2.05, 4.69) is 4.99 Å². The van der Waals surface area contributed by atoms with Crippen LogP contribution in [0.1, 0.15) is 12.5 Å². The molecule has 0 fully saturated rings. The maximum atomic E-state index is 9.81. The lowest BCUT2D eigenvalue weighted by molar-refractivity contribution is 0.275. The number of aliphatic hydroxyl groups is 1. The fourth-order valence-corrected chi connectivity index (χ4v) is 1.25. The zero-order valence-corrected chi connectivity index (χ0v) is 10.2. The number of aromatic hydroxyl groups is 1. The molecule has 0 heterocycles. The normalized spacial score (nSPS) is 12.7. The Bertz CT molecular complexity index is 404. The molecule has 0 radical (unpaired) electrons. The largest absolute Gasteiger partial charge is 0.507 e. The Balaban J connectivity index is 3.09. The summed E-state index contributed by atoms with van der Waals surface area (Å²) in [6.45, 7) is 1.72. The number of phenols is 1. The molecule has 17 heavy (non-hydrogen) atoms. The summed E-state index contributed by atoms with van der Waals surface area (Å²) in [6.07, 6.45) is 1.48. The zero-order valence-electron chi connectivity index (χ0n) is 10.2. The summed E-state index contributed by atoms with van der Waals surface area (Å²) in [5.74, 6) is 0.998. The van der Waals surface area contributed by atoms with Crippen LogP contribution in [0.2, 0.25) is 0 Å². The Labute approximate surface area is 100 Å². The van der Waals surface area contributed by atoms with Gasteiger partial charge >= 0.3 is 0 Å². The van der Waals surface area contributed by atoms with E-state index in [0.29, 0.717) is 17.1 Å². The number of methoxy groups -OCH3 is 2. The Morgan fingerprint density at radius 1 is 1.35 bits per heavy atom. The summed E-state index contributed by atoms with van der Waals surface area (Å²) < 4.78 is 10.2. The van der Waals surface area contributed by atoms with E-state index in [-0.39, 0.29) is 18.4 Å². The number of rotatable bonds is 5. The van der Waals surface area contributed by atoms with Crippen molar-refractivity contribution in [3.05, 3.63) is 17.7 Å². The van der Waals surface area contributed by atoms with Gasteiger partial charge in [0.15, 0.2) is 0 Å². The molecule has 1 aromatic rings. The molecule has 1 rings (SSSR count). The van der Waals surface area contributed by atoms with E-state index >= 15 is 0 Å². The lowest BCUT2D eigenvalue weighted by Gasteiger charge is -2.10. The molecule has 0 amide bonds. The first-order chi connectivity index (χ1) is 8.12. The van der Waals surface area contributed by atoms with Gasteiger partial charge < -0.3 is 19.7 Å². The number of ether oxygens (including phenoxy) is 2. The molecule has 0 aliphatic heterocycles. The summed E-state index contributed by atoms with van der Waals surface area (Å²) in [7, 11) is 3.01. The highest BCUT2D eigenvalue weighted by atomic mass is 16.5. The van der Waals surface area contributed by atoms with Crippen LogP contribution in [0, 0.1) is 0 Å². The number of hydrogen-bond acceptors (Lipinski definition) is 5. The van der Waals surface area contributed by atoms with E-state index in [0.717, 1.165) is 0 Å². The number of hydrogen-bond donors (Lipinski definition) is 2. The molecule has 0 spiro atoms. The number of aliphatic hydroxyl groups excluding tert-OH is 1. The van der Waals surface area contributed by atoms with Crippen LogP contribution in [-0.2, 0) is 0 Å². The van der Waals surface area contributed by atoms with Crippen LogP contribution in [0.4, 0.5) is 0 Å². The molecular formula is C12H17NO4. The van der Waals surface area contributed by atoms with Gasteiger partial charge in [0.25, 0.3) is 0 Å². The predicted molar refractivity (Wildman–Crippen MR) is 65.4 cm³/mol. The molecule has 0 saturated carbocycles. The molecule has 0 bridgehead atoms. The maximum Gasteiger partial charge on any atom is 0.135 e. The summed E-state index contributed by atoms with van der Waals surface area (Å²) in [5, 5.41) is 18.7. The lowest BCUT2D eigenvalue weighted by Crippen LogP contribution is -2.04. The highest BCUT2D eigenvalue weighted by molar-refractivity contribution is 5.88. The summed E-state index contributed by atoms with van der Waals surface area (Å²) in [6, 6.07) is 2.92. The first-order valence-electron chi connectivity index (χ1n) is 5.21. The van der Waals surface area contributed by atoms with Gasteiger partial charge in [0, 0.05) is 18.3 Å². The Hall–Kier alpha value is -1.75. The molecular weight excluding hydrogens is 222 g/mol. The first kappa shape index (κ1) is 13.3. The molecule has 0 aromatic heterocycles. The quantitative estimate of drug-likeness (QED) is 0.758. The topological polar surface area (TPSA) is 71.3 Å². The van der Waals surface area contributed by atoms with Crippen molar-refractivity contribution < 1.29 is 19.7 Å². The van der Waals surface area contributed by atoms with Crippen molar-refractivity contribution in [1.82, 2.24) is 0 Å². The van der Waals surface area contributed by atoms with Gasteiger partial charge in [-0.15, -0.1) is 0 Å². The predicted octanol–water partition coefficient (Wildman–Crippen LogP) is 1.21. The van der Waals surface area contributed by atoms with Crippen LogP contribution in [0.15, 0.2) is 17.1 Å². The van der Waals surface area contributed by atoms with E-state index in [9.17, 15) is 5.11 Å². The maximum absolute atomic E-state index is 9.81. The number of phenolic OH excluding ortho intramolecular Hbond substituents is 1. The highest BCUT2D eigenvalue weighted by Crippen LogP contribution is 2.31. The van der Waals surface area contributed by atoms with Gasteiger partial charge in [-0.2, -0.15) is 0 Å². The van der Waals surface area contributed by atoms with Crippen LogP contribution < -0.4 is 9.47 Å². The van der Waals surface area contributed by atoms with Crippen molar-refractivity contribution in [2.75, 3.05) is 20.8 Å². The van der Waals surface area contributed by atoms with Crippen molar-refractivity contribution >= 4 is 6.21 Å². The first-order valence-corrected chi connectivity index (χ1v) is 5.21. The van der Waals surface area contributed by atoms with Gasteiger partial charge in [-0.1, -0.05) is 0 Å². The van der Waals surface area contributed by atoms with Crippen molar-refractivity contribution in [2.45, 2.75) is 13.0 Å². The highest BCUT2D eigenvalue weighted by Gasteiger charge is 2.10. The van der Waals surface area contributed by atoms with Crippen LogP contribution in [-0.4, -0.2) is 43.3 Å². The second-order valence-corrected chi connectivity index (χ2v) is 3.57. The zero-order chi connectivity index (χ0) is 12.8. The number of nitrogens with zero attached hydrogens (tertiary/aromatic N) is 1. The molecule has 5 nitrogen and oxygen atoms in total. The smallest absolute Gasteiger partial charge is 0.135 e. The van der Waals surface area contributed by atoms with Crippen molar-refractivity contribution in [1.29, 1.82) is 0 Å². The van der Waals surface area contributed by atoms with Crippen molar-refractivity contribution in [3.63, 3.8) is 0 Å². The molecule has 5 heteroatoms. The van der Waals surface area contributed by atoms with E-state index < -0.39 is 0 Å². The number of aliphatic imine (C=N–C) groups is 1. The molecule has 1 unspecified atom stereocenters. The van der Waals surface area contributed by atoms with E-state index in [4.69, 9.17) is 14.6 Å². The van der Waals surface area contributed by atoms with Gasteiger partial charge in [-0.25, -0.2) is 0 Å². The van der Waals surface area contributed by atoms with Gasteiger partial charge in [-0.3, -0.25) is 4.99 Å². The summed E-state index contributed by atoms with van der Waals surface area (Å²) >= 11 is 0. The van der Waals surface area contributed by atoms with Crippen molar-refractivity contribution in [3.8, 4) is 17.2 Å². The minimum atomic E-state index is -0.221. The van der Waals surface area contributed by atoms with Gasteiger partial charge in [0.05, 0.1) is 32.4 Å². The minimum Gasteiger partial charge on any atom is -0.507 e. The van der Waals surface area contributed by atoms with Crippen LogP contribution in [0.25, 0.3) is 0 Å². The SMILES string of the molecule is COc1cc(O)c(C=NC(C)CO)c(OC)c1. The standard InChI is InChI=1S/C12H17NO4/c1-8(7-14)13-6-10-11(15)4-9(16-2)5-12(10)17-3/h4-6,8,14-15H,7H2,1-3H3. The molecule has 1 aromatic carbocycles. The minimum absolute atomic E-state index is 0.0232. The summed E-state index contributed by atoms with van der Waals surface area (Å²) in [4.78, 5) is 4.08. The Kier molecular flexibility index (Phi) is 4.78. The van der Waals surface area contributed by atoms with Gasteiger partial charge in [0.2, 0.25) is 0 Å². The van der Waals surface area contributed by atoms with Gasteiger partial charge in [-0.05, 0) is 6.92 Å². The fraction of sp³-hybridized carbons (Fsp3) is 0.417. The second kappa shape index (κ2) is 6.10. The fourth-order valence-electron chi connectivity index (χ4n) is 1.25. The average molecular weight is 239 g/mol. The lowest BCUT2D eigenvalue weighted by atomic mass is 10.1. The van der Waals surface area contributed by atoms with Crippen LogP contribution >= 0.6 is 0 Å². The average Bonchev–Trinajstić information content (AvgIpc) is 2.35. The molecule has 0 aliphatic carbocycles. The second-order valence-electron chi connectivity index (χ2n) is 3.57. The van der Waals surface area contributed by atoms with Crippen LogP contribution in [0.5, 0.6) is 17.2 Å². The molecule has 2 N–H and O–H groups in total. The Morgan fingerprint density at radius 3 is 2.59 bits per heavy atom. The third kappa shape index (κ3) is 3.35. The third-order valence-electron chi connectivity index (χ3n) is 2.27. The molecule has 94 valence electrons. The molecule has 0 saturated heterocycles. The van der Waals surface area contributed by atoms with E-state index in [1.165, 1.54) is 26.5 Å². The Morgan fingerprint density at radius 2 is 2.06 bits per heavy atom. The summed E-state index contributed by atoms with van der Waals surface area (Å²) in [5.41, 5.74) is 0.466.